The highest BCUT2D eigenvalue weighted by molar-refractivity contribution is 6.32. The zero-order valence-electron chi connectivity index (χ0n) is 10.4. The van der Waals surface area contributed by atoms with E-state index in [1.807, 2.05) is 13.0 Å². The van der Waals surface area contributed by atoms with Crippen molar-refractivity contribution >= 4 is 11.6 Å². The number of ether oxygens (including phenoxy) is 1. The highest BCUT2D eigenvalue weighted by atomic mass is 35.5. The number of phenols is 2. The number of hydrogen-bond donors (Lipinski definition) is 2. The van der Waals surface area contributed by atoms with Crippen molar-refractivity contribution in [3.63, 3.8) is 0 Å². The largest absolute Gasteiger partial charge is 0.508 e. The minimum atomic E-state index is -0.129. The third-order valence-electron chi connectivity index (χ3n) is 3.42. The number of halogens is 1. The van der Waals surface area contributed by atoms with Crippen LogP contribution in [0.2, 0.25) is 5.02 Å². The first-order valence-corrected chi connectivity index (χ1v) is 6.40. The fraction of sp³-hybridized carbons (Fsp3) is 0.200. The zero-order chi connectivity index (χ0) is 13.6. The number of phenolic OH excluding ortho intramolecular Hbond substituents is 2. The summed E-state index contributed by atoms with van der Waals surface area (Å²) in [7, 11) is 0. The molecule has 0 bridgehead atoms. The third kappa shape index (κ3) is 2.05. The molecule has 0 amide bonds. The fourth-order valence-corrected chi connectivity index (χ4v) is 2.58. The van der Waals surface area contributed by atoms with Crippen molar-refractivity contribution in [2.75, 3.05) is 0 Å². The molecule has 0 saturated carbocycles. The molecular formula is C15H13ClO3. The van der Waals surface area contributed by atoms with Crippen LogP contribution in [0.5, 0.6) is 11.5 Å². The van der Waals surface area contributed by atoms with Gasteiger partial charge >= 0.3 is 0 Å². The van der Waals surface area contributed by atoms with Crippen LogP contribution in [0, 0.1) is 0 Å². The van der Waals surface area contributed by atoms with Crippen LogP contribution in [0.25, 0.3) is 11.1 Å². The SMILES string of the molecule is CC1OCc2cc(O)c(Cl)cc2-c2ccc(O)cc21. The van der Waals surface area contributed by atoms with Crippen LogP contribution in [0.4, 0.5) is 0 Å². The number of hydrogen-bond acceptors (Lipinski definition) is 3. The molecule has 1 aliphatic rings. The zero-order valence-corrected chi connectivity index (χ0v) is 11.1. The van der Waals surface area contributed by atoms with Crippen LogP contribution in [-0.2, 0) is 11.3 Å². The van der Waals surface area contributed by atoms with Crippen molar-refractivity contribution < 1.29 is 14.9 Å². The van der Waals surface area contributed by atoms with Gasteiger partial charge in [-0.2, -0.15) is 0 Å². The van der Waals surface area contributed by atoms with Gasteiger partial charge in [0.2, 0.25) is 0 Å². The van der Waals surface area contributed by atoms with Gasteiger partial charge in [0.25, 0.3) is 0 Å². The van der Waals surface area contributed by atoms with E-state index in [0.29, 0.717) is 11.6 Å². The molecule has 0 aromatic heterocycles. The second kappa shape index (κ2) is 4.44. The van der Waals surface area contributed by atoms with E-state index in [0.717, 1.165) is 22.3 Å². The Morgan fingerprint density at radius 2 is 1.95 bits per heavy atom. The molecule has 4 heteroatoms. The van der Waals surface area contributed by atoms with E-state index in [-0.39, 0.29) is 17.6 Å². The molecule has 3 nitrogen and oxygen atoms in total. The average Bonchev–Trinajstić information content (AvgIpc) is 2.50. The van der Waals surface area contributed by atoms with E-state index in [2.05, 4.69) is 0 Å². The molecule has 0 aliphatic carbocycles. The predicted molar refractivity (Wildman–Crippen MR) is 73.4 cm³/mol. The Balaban J connectivity index is 2.29. The van der Waals surface area contributed by atoms with Crippen molar-refractivity contribution in [3.05, 3.63) is 46.5 Å². The maximum atomic E-state index is 9.70. The Morgan fingerprint density at radius 3 is 2.74 bits per heavy atom. The smallest absolute Gasteiger partial charge is 0.134 e. The normalized spacial score (nSPS) is 17.5. The number of aromatic hydroxyl groups is 2. The summed E-state index contributed by atoms with van der Waals surface area (Å²) in [5.74, 6) is 0.265. The highest BCUT2D eigenvalue weighted by Gasteiger charge is 2.21. The summed E-state index contributed by atoms with van der Waals surface area (Å²) in [5, 5.41) is 19.6. The van der Waals surface area contributed by atoms with Crippen molar-refractivity contribution in [1.82, 2.24) is 0 Å². The molecule has 1 unspecified atom stereocenters. The van der Waals surface area contributed by atoms with Crippen molar-refractivity contribution in [2.45, 2.75) is 19.6 Å². The van der Waals surface area contributed by atoms with Gasteiger partial charge in [-0.1, -0.05) is 17.7 Å². The molecule has 1 heterocycles. The molecule has 2 aromatic carbocycles. The van der Waals surface area contributed by atoms with Gasteiger partial charge in [0.1, 0.15) is 11.5 Å². The molecule has 0 fully saturated rings. The minimum Gasteiger partial charge on any atom is -0.508 e. The number of rotatable bonds is 0. The lowest BCUT2D eigenvalue weighted by molar-refractivity contribution is 0.0548. The Hall–Kier alpha value is -1.71. The van der Waals surface area contributed by atoms with Gasteiger partial charge in [-0.3, -0.25) is 0 Å². The maximum Gasteiger partial charge on any atom is 0.134 e. The van der Waals surface area contributed by atoms with Crippen LogP contribution in [-0.4, -0.2) is 10.2 Å². The van der Waals surface area contributed by atoms with E-state index in [4.69, 9.17) is 16.3 Å². The summed E-state index contributed by atoms with van der Waals surface area (Å²) >= 11 is 5.99. The van der Waals surface area contributed by atoms with Crippen LogP contribution >= 0.6 is 11.6 Å². The summed E-state index contributed by atoms with van der Waals surface area (Å²) in [4.78, 5) is 0. The summed E-state index contributed by atoms with van der Waals surface area (Å²) in [6, 6.07) is 8.56. The first kappa shape index (κ1) is 12.3. The lowest BCUT2D eigenvalue weighted by Gasteiger charge is -2.13. The van der Waals surface area contributed by atoms with E-state index in [9.17, 15) is 10.2 Å². The Labute approximate surface area is 116 Å². The summed E-state index contributed by atoms with van der Waals surface area (Å²) in [6.45, 7) is 2.34. The molecule has 0 radical (unpaired) electrons. The van der Waals surface area contributed by atoms with Gasteiger partial charge in [0.15, 0.2) is 0 Å². The Bertz CT molecular complexity index is 652. The summed E-state index contributed by atoms with van der Waals surface area (Å²) in [6.07, 6.45) is -0.129. The van der Waals surface area contributed by atoms with Gasteiger partial charge in [0, 0.05) is 0 Å². The van der Waals surface area contributed by atoms with Gasteiger partial charge in [-0.25, -0.2) is 0 Å². The van der Waals surface area contributed by atoms with Crippen LogP contribution in [0.15, 0.2) is 30.3 Å². The first-order valence-electron chi connectivity index (χ1n) is 6.02. The molecule has 2 aromatic rings. The molecule has 19 heavy (non-hydrogen) atoms. The van der Waals surface area contributed by atoms with E-state index in [1.54, 1.807) is 24.3 Å². The lowest BCUT2D eigenvalue weighted by atomic mass is 9.94. The van der Waals surface area contributed by atoms with Gasteiger partial charge in [-0.05, 0) is 53.4 Å². The molecule has 0 spiro atoms. The molecule has 3 rings (SSSR count). The summed E-state index contributed by atoms with van der Waals surface area (Å²) in [5.41, 5.74) is 3.71. The summed E-state index contributed by atoms with van der Waals surface area (Å²) < 4.78 is 5.74. The lowest BCUT2D eigenvalue weighted by Crippen LogP contribution is -1.97. The van der Waals surface area contributed by atoms with Gasteiger partial charge in [0.05, 0.1) is 17.7 Å². The van der Waals surface area contributed by atoms with Crippen molar-refractivity contribution in [1.29, 1.82) is 0 Å². The van der Waals surface area contributed by atoms with E-state index < -0.39 is 0 Å². The second-order valence-electron chi connectivity index (χ2n) is 4.69. The third-order valence-corrected chi connectivity index (χ3v) is 3.73. The Morgan fingerprint density at radius 1 is 1.16 bits per heavy atom. The second-order valence-corrected chi connectivity index (χ2v) is 5.09. The van der Waals surface area contributed by atoms with Crippen LogP contribution in [0.3, 0.4) is 0 Å². The van der Waals surface area contributed by atoms with Crippen LogP contribution in [0.1, 0.15) is 24.2 Å². The molecule has 98 valence electrons. The standard InChI is InChI=1S/C15H13ClO3/c1-8-12-5-10(17)2-3-11(12)13-6-14(16)15(18)4-9(13)7-19-8/h2-6,8,17-18H,7H2,1H3. The maximum absolute atomic E-state index is 9.70. The predicted octanol–water partition coefficient (Wildman–Crippen LogP) is 4.01. The van der Waals surface area contributed by atoms with Gasteiger partial charge in [-0.15, -0.1) is 0 Å². The minimum absolute atomic E-state index is 0.0545. The molecule has 0 saturated heterocycles. The molecule has 1 atom stereocenters. The van der Waals surface area contributed by atoms with Crippen molar-refractivity contribution in [3.8, 4) is 22.6 Å². The Kier molecular flexibility index (Phi) is 2.88. The van der Waals surface area contributed by atoms with Crippen LogP contribution < -0.4 is 0 Å². The van der Waals surface area contributed by atoms with E-state index >= 15 is 0 Å². The fourth-order valence-electron chi connectivity index (χ4n) is 2.41. The average molecular weight is 277 g/mol. The first-order chi connectivity index (χ1) is 9.06. The van der Waals surface area contributed by atoms with E-state index in [1.165, 1.54) is 0 Å². The molecule has 1 aliphatic heterocycles. The van der Waals surface area contributed by atoms with Gasteiger partial charge < -0.3 is 14.9 Å². The number of benzene rings is 2. The monoisotopic (exact) mass is 276 g/mol. The van der Waals surface area contributed by atoms with Crippen molar-refractivity contribution in [2.24, 2.45) is 0 Å². The highest BCUT2D eigenvalue weighted by Crippen LogP contribution is 2.41. The quantitative estimate of drug-likeness (QED) is 0.764. The molecular weight excluding hydrogens is 264 g/mol. The number of fused-ring (bicyclic) bond motifs is 3. The molecule has 2 N–H and O–H groups in total. The topological polar surface area (TPSA) is 49.7 Å².